The fourth-order valence-electron chi connectivity index (χ4n) is 1.74. The summed E-state index contributed by atoms with van der Waals surface area (Å²) in [7, 11) is 0. The molecule has 23 heavy (non-hydrogen) atoms. The van der Waals surface area contributed by atoms with Crippen molar-refractivity contribution in [2.45, 2.75) is 12.5 Å². The maximum absolute atomic E-state index is 13.8. The third-order valence-corrected chi connectivity index (χ3v) is 2.57. The molecule has 2 rings (SSSR count). The van der Waals surface area contributed by atoms with Crippen molar-refractivity contribution in [3.8, 4) is 16.9 Å². The second-order valence-corrected chi connectivity index (χ2v) is 4.23. The van der Waals surface area contributed by atoms with E-state index in [1.54, 1.807) is 0 Å². The average molecular weight is 343 g/mol. The fourth-order valence-corrected chi connectivity index (χ4v) is 1.74. The monoisotopic (exact) mass is 343 g/mol. The average Bonchev–Trinajstić information content (AvgIpc) is 2.35. The van der Waals surface area contributed by atoms with Crippen LogP contribution in [-0.4, -0.2) is 11.3 Å². The van der Waals surface area contributed by atoms with E-state index in [1.807, 2.05) is 0 Å². The molecule has 0 N–H and O–H groups in total. The molecule has 1 aromatic heterocycles. The molecule has 1 aromatic carbocycles. The molecule has 0 aliphatic rings. The normalized spacial score (nSPS) is 12.3. The maximum Gasteiger partial charge on any atom is 0.573 e. The van der Waals surface area contributed by atoms with Crippen LogP contribution < -0.4 is 4.74 Å². The van der Waals surface area contributed by atoms with Crippen LogP contribution in [0, 0.1) is 11.8 Å². The first-order valence-electron chi connectivity index (χ1n) is 5.77. The third-order valence-electron chi connectivity index (χ3n) is 2.57. The maximum atomic E-state index is 13.8. The fraction of sp³-hybridized carbons (Fsp3) is 0.154. The van der Waals surface area contributed by atoms with E-state index in [-0.39, 0.29) is 6.07 Å². The zero-order valence-electron chi connectivity index (χ0n) is 10.8. The largest absolute Gasteiger partial charge is 0.573 e. The highest BCUT2D eigenvalue weighted by molar-refractivity contribution is 5.65. The SMILES string of the molecule is Fc1cc(C(F)(F)F)nc(F)c1-c1cccc(OC(F)(F)F)c1. The molecule has 0 saturated heterocycles. The first kappa shape index (κ1) is 17.0. The van der Waals surface area contributed by atoms with Gasteiger partial charge >= 0.3 is 12.5 Å². The predicted octanol–water partition coefficient (Wildman–Crippen LogP) is 4.94. The Morgan fingerprint density at radius 1 is 0.913 bits per heavy atom. The van der Waals surface area contributed by atoms with Gasteiger partial charge in [-0.05, 0) is 17.7 Å². The molecule has 0 radical (unpaired) electrons. The number of alkyl halides is 6. The Balaban J connectivity index is 2.49. The number of benzene rings is 1. The van der Waals surface area contributed by atoms with Gasteiger partial charge in [0.2, 0.25) is 5.95 Å². The summed E-state index contributed by atoms with van der Waals surface area (Å²) in [5.74, 6) is -4.20. The Hall–Kier alpha value is -2.39. The number of halogens is 8. The number of hydrogen-bond acceptors (Lipinski definition) is 2. The molecule has 0 aliphatic heterocycles. The highest BCUT2D eigenvalue weighted by atomic mass is 19.4. The summed E-state index contributed by atoms with van der Waals surface area (Å²) in [5, 5.41) is 0. The minimum absolute atomic E-state index is 0.0459. The van der Waals surface area contributed by atoms with Gasteiger partial charge in [0.05, 0.1) is 5.56 Å². The molecule has 0 amide bonds. The van der Waals surface area contributed by atoms with Crippen LogP contribution in [-0.2, 0) is 6.18 Å². The van der Waals surface area contributed by atoms with Gasteiger partial charge in [0.15, 0.2) is 5.69 Å². The lowest BCUT2D eigenvalue weighted by atomic mass is 10.1. The van der Waals surface area contributed by atoms with Crippen molar-refractivity contribution >= 4 is 0 Å². The summed E-state index contributed by atoms with van der Waals surface area (Å²) in [5.41, 5.74) is -3.24. The van der Waals surface area contributed by atoms with Crippen molar-refractivity contribution in [2.75, 3.05) is 0 Å². The molecule has 0 spiro atoms. The van der Waals surface area contributed by atoms with Gasteiger partial charge in [0, 0.05) is 6.07 Å². The highest BCUT2D eigenvalue weighted by Crippen LogP contribution is 2.34. The molecule has 0 atom stereocenters. The summed E-state index contributed by atoms with van der Waals surface area (Å²) in [6, 6.07) is 3.44. The van der Waals surface area contributed by atoms with E-state index in [0.717, 1.165) is 18.2 Å². The summed E-state index contributed by atoms with van der Waals surface area (Å²) in [6.07, 6.45) is -10.1. The predicted molar refractivity (Wildman–Crippen MR) is 61.3 cm³/mol. The van der Waals surface area contributed by atoms with E-state index in [9.17, 15) is 35.1 Å². The van der Waals surface area contributed by atoms with Crippen LogP contribution >= 0.6 is 0 Å². The number of ether oxygens (including phenoxy) is 1. The molecule has 1 heterocycles. The number of hydrogen-bond donors (Lipinski definition) is 0. The number of nitrogens with zero attached hydrogens (tertiary/aromatic N) is 1. The van der Waals surface area contributed by atoms with Gasteiger partial charge in [-0.2, -0.15) is 17.6 Å². The van der Waals surface area contributed by atoms with Crippen LogP contribution in [0.25, 0.3) is 11.1 Å². The van der Waals surface area contributed by atoms with E-state index in [0.29, 0.717) is 6.07 Å². The van der Waals surface area contributed by atoms with Crippen LogP contribution in [0.4, 0.5) is 35.1 Å². The Labute approximate surface area is 123 Å². The highest BCUT2D eigenvalue weighted by Gasteiger charge is 2.35. The molecule has 0 fully saturated rings. The minimum atomic E-state index is -5.07. The second-order valence-electron chi connectivity index (χ2n) is 4.23. The molecule has 2 nitrogen and oxygen atoms in total. The van der Waals surface area contributed by atoms with Gasteiger partial charge in [-0.3, -0.25) is 0 Å². The topological polar surface area (TPSA) is 22.1 Å². The zero-order valence-corrected chi connectivity index (χ0v) is 10.8. The van der Waals surface area contributed by atoms with Gasteiger partial charge in [0.25, 0.3) is 0 Å². The van der Waals surface area contributed by atoms with E-state index < -0.39 is 46.9 Å². The molecular formula is C13H5F8NO. The van der Waals surface area contributed by atoms with Gasteiger partial charge in [-0.25, -0.2) is 9.37 Å². The minimum Gasteiger partial charge on any atom is -0.406 e. The third kappa shape index (κ3) is 4.08. The molecule has 0 unspecified atom stereocenters. The van der Waals surface area contributed by atoms with Crippen molar-refractivity contribution in [3.63, 3.8) is 0 Å². The van der Waals surface area contributed by atoms with Crippen molar-refractivity contribution < 1.29 is 39.9 Å². The lowest BCUT2D eigenvalue weighted by Crippen LogP contribution is -2.17. The van der Waals surface area contributed by atoms with E-state index in [4.69, 9.17) is 0 Å². The smallest absolute Gasteiger partial charge is 0.406 e. The van der Waals surface area contributed by atoms with Crippen LogP contribution in [0.15, 0.2) is 30.3 Å². The van der Waals surface area contributed by atoms with Crippen LogP contribution in [0.1, 0.15) is 5.69 Å². The molecule has 0 saturated carbocycles. The van der Waals surface area contributed by atoms with Gasteiger partial charge < -0.3 is 4.74 Å². The van der Waals surface area contributed by atoms with E-state index >= 15 is 0 Å². The number of rotatable bonds is 2. The molecule has 0 aliphatic carbocycles. The van der Waals surface area contributed by atoms with Crippen molar-refractivity contribution in [3.05, 3.63) is 47.8 Å². The first-order chi connectivity index (χ1) is 10.5. The van der Waals surface area contributed by atoms with Crippen LogP contribution in [0.2, 0.25) is 0 Å². The Kier molecular flexibility index (Phi) is 4.18. The van der Waals surface area contributed by atoms with E-state index in [2.05, 4.69) is 9.72 Å². The van der Waals surface area contributed by atoms with Gasteiger partial charge in [-0.15, -0.1) is 13.2 Å². The summed E-state index contributed by atoms with van der Waals surface area (Å²) >= 11 is 0. The molecule has 124 valence electrons. The Morgan fingerprint density at radius 2 is 1.57 bits per heavy atom. The number of aromatic nitrogens is 1. The van der Waals surface area contributed by atoms with Gasteiger partial charge in [-0.1, -0.05) is 12.1 Å². The number of pyridine rings is 1. The molecule has 10 heteroatoms. The summed E-state index contributed by atoms with van der Waals surface area (Å²) in [6.45, 7) is 0. The molecule has 2 aromatic rings. The summed E-state index contributed by atoms with van der Waals surface area (Å²) in [4.78, 5) is 2.59. The van der Waals surface area contributed by atoms with Crippen molar-refractivity contribution in [1.29, 1.82) is 0 Å². The van der Waals surface area contributed by atoms with Crippen molar-refractivity contribution in [2.24, 2.45) is 0 Å². The van der Waals surface area contributed by atoms with Gasteiger partial charge in [0.1, 0.15) is 11.6 Å². The van der Waals surface area contributed by atoms with Crippen LogP contribution in [0.3, 0.4) is 0 Å². The Bertz CT molecular complexity index is 700. The lowest BCUT2D eigenvalue weighted by molar-refractivity contribution is -0.274. The first-order valence-corrected chi connectivity index (χ1v) is 5.77. The lowest BCUT2D eigenvalue weighted by Gasteiger charge is -2.12. The Morgan fingerprint density at radius 3 is 2.09 bits per heavy atom. The quantitative estimate of drug-likeness (QED) is 0.569. The zero-order chi connectivity index (χ0) is 17.4. The van der Waals surface area contributed by atoms with E-state index in [1.165, 1.54) is 0 Å². The molecule has 0 bridgehead atoms. The van der Waals surface area contributed by atoms with Crippen molar-refractivity contribution in [1.82, 2.24) is 4.98 Å². The second kappa shape index (κ2) is 5.67. The summed E-state index contributed by atoms with van der Waals surface area (Å²) < 4.78 is 105. The molecular weight excluding hydrogens is 338 g/mol. The standard InChI is InChI=1S/C13H5F8NO/c14-8-5-9(12(16,17)18)22-11(15)10(8)6-2-1-3-7(4-6)23-13(19,20)21/h1-5H. The van der Waals surface area contributed by atoms with Crippen LogP contribution in [0.5, 0.6) is 5.75 Å².